The molecule has 0 saturated carbocycles. The summed E-state index contributed by atoms with van der Waals surface area (Å²) in [5, 5.41) is 11.6. The highest BCUT2D eigenvalue weighted by Crippen LogP contribution is 2.20. The van der Waals surface area contributed by atoms with Gasteiger partial charge in [-0.25, -0.2) is 4.79 Å². The summed E-state index contributed by atoms with van der Waals surface area (Å²) in [6, 6.07) is 12.3. The van der Waals surface area contributed by atoms with Crippen molar-refractivity contribution in [3.8, 4) is 0 Å². The summed E-state index contributed by atoms with van der Waals surface area (Å²) in [6.07, 6.45) is 0.795. The summed E-state index contributed by atoms with van der Waals surface area (Å²) in [6.45, 7) is 4.99. The van der Waals surface area contributed by atoms with Gasteiger partial charge in [0.25, 0.3) is 0 Å². The molecule has 2 aromatic rings. The molecule has 26 heavy (non-hydrogen) atoms. The molecule has 0 radical (unpaired) electrons. The Morgan fingerprint density at radius 3 is 2.69 bits per heavy atom. The van der Waals surface area contributed by atoms with Gasteiger partial charge in [-0.05, 0) is 35.6 Å². The van der Waals surface area contributed by atoms with Crippen molar-refractivity contribution < 1.29 is 14.6 Å². The van der Waals surface area contributed by atoms with Crippen molar-refractivity contribution >= 4 is 17.3 Å². The van der Waals surface area contributed by atoms with Crippen molar-refractivity contribution in [2.75, 3.05) is 33.4 Å². The third kappa shape index (κ3) is 4.92. The fraction of sp³-hybridized carbons (Fsp3) is 0.450. The van der Waals surface area contributed by atoms with Gasteiger partial charge in [-0.1, -0.05) is 18.2 Å². The SMILES string of the molecule is COC(=O)c1ccc(CN2CCN(Cc3cccs3)[C@H](CCO)C2)cc1. The average Bonchev–Trinajstić information content (AvgIpc) is 3.17. The Morgan fingerprint density at radius 2 is 2.04 bits per heavy atom. The first kappa shape index (κ1) is 19.0. The molecule has 140 valence electrons. The fourth-order valence-corrected chi connectivity index (χ4v) is 4.19. The van der Waals surface area contributed by atoms with Gasteiger partial charge >= 0.3 is 5.97 Å². The molecule has 1 aliphatic heterocycles. The normalized spacial score (nSPS) is 18.8. The van der Waals surface area contributed by atoms with E-state index in [0.717, 1.165) is 39.1 Å². The molecular formula is C20H26N2O3S. The van der Waals surface area contributed by atoms with Gasteiger partial charge in [0.05, 0.1) is 12.7 Å². The molecule has 3 rings (SSSR count). The Kier molecular flexibility index (Phi) is 6.80. The number of hydrogen-bond donors (Lipinski definition) is 1. The monoisotopic (exact) mass is 374 g/mol. The van der Waals surface area contributed by atoms with Gasteiger partial charge in [0, 0.05) is 50.2 Å². The fourth-order valence-electron chi connectivity index (χ4n) is 3.46. The molecule has 0 bridgehead atoms. The Morgan fingerprint density at radius 1 is 1.23 bits per heavy atom. The molecule has 2 heterocycles. The van der Waals surface area contributed by atoms with Gasteiger partial charge in [-0.15, -0.1) is 11.3 Å². The zero-order valence-electron chi connectivity index (χ0n) is 15.1. The zero-order valence-corrected chi connectivity index (χ0v) is 16.0. The van der Waals surface area contributed by atoms with Crippen LogP contribution in [0.25, 0.3) is 0 Å². The van der Waals surface area contributed by atoms with Crippen molar-refractivity contribution in [3.05, 3.63) is 57.8 Å². The second-order valence-corrected chi connectivity index (χ2v) is 7.67. The number of carbonyl (C=O) groups is 1. The number of aliphatic hydroxyl groups is 1. The maximum atomic E-state index is 11.5. The van der Waals surface area contributed by atoms with Crippen molar-refractivity contribution in [1.29, 1.82) is 0 Å². The van der Waals surface area contributed by atoms with Crippen LogP contribution in [0.1, 0.15) is 27.2 Å². The summed E-state index contributed by atoms with van der Waals surface area (Å²) < 4.78 is 4.74. The van der Waals surface area contributed by atoms with Crippen LogP contribution in [0, 0.1) is 0 Å². The number of thiophene rings is 1. The summed E-state index contributed by atoms with van der Waals surface area (Å²) in [5.74, 6) is -0.304. The van der Waals surface area contributed by atoms with Crippen LogP contribution >= 0.6 is 11.3 Å². The van der Waals surface area contributed by atoms with Crippen LogP contribution in [-0.2, 0) is 17.8 Å². The lowest BCUT2D eigenvalue weighted by Crippen LogP contribution is -2.52. The number of hydrogen-bond acceptors (Lipinski definition) is 6. The minimum atomic E-state index is -0.304. The van der Waals surface area contributed by atoms with Gasteiger partial charge in [0.2, 0.25) is 0 Å². The van der Waals surface area contributed by atoms with E-state index in [1.807, 2.05) is 24.3 Å². The number of benzene rings is 1. The van der Waals surface area contributed by atoms with E-state index >= 15 is 0 Å². The number of methoxy groups -OCH3 is 1. The predicted molar refractivity (Wildman–Crippen MR) is 103 cm³/mol. The van der Waals surface area contributed by atoms with Crippen molar-refractivity contribution in [1.82, 2.24) is 9.80 Å². The molecule has 1 fully saturated rings. The molecular weight excluding hydrogens is 348 g/mol. The molecule has 0 amide bonds. The van der Waals surface area contributed by atoms with E-state index in [1.165, 1.54) is 17.6 Å². The minimum Gasteiger partial charge on any atom is -0.465 e. The Hall–Kier alpha value is -1.73. The molecule has 1 saturated heterocycles. The highest BCUT2D eigenvalue weighted by molar-refractivity contribution is 7.09. The molecule has 5 nitrogen and oxygen atoms in total. The number of rotatable bonds is 7. The third-order valence-electron chi connectivity index (χ3n) is 4.87. The molecule has 1 N–H and O–H groups in total. The van der Waals surface area contributed by atoms with E-state index in [2.05, 4.69) is 27.3 Å². The van der Waals surface area contributed by atoms with E-state index in [9.17, 15) is 9.90 Å². The third-order valence-corrected chi connectivity index (χ3v) is 5.73. The summed E-state index contributed by atoms with van der Waals surface area (Å²) in [5.41, 5.74) is 1.77. The van der Waals surface area contributed by atoms with Crippen LogP contribution in [0.15, 0.2) is 41.8 Å². The highest BCUT2D eigenvalue weighted by Gasteiger charge is 2.26. The lowest BCUT2D eigenvalue weighted by Gasteiger charge is -2.41. The largest absolute Gasteiger partial charge is 0.465 e. The van der Waals surface area contributed by atoms with Gasteiger partial charge in [-0.2, -0.15) is 0 Å². The maximum absolute atomic E-state index is 11.5. The molecule has 6 heteroatoms. The standard InChI is InChI=1S/C20H26N2O3S/c1-25-20(24)17-6-4-16(5-7-17)13-21-9-10-22(18(14-21)8-11-23)15-19-3-2-12-26-19/h2-7,12,18,23H,8-11,13-15H2,1H3/t18-/m1/s1. The lowest BCUT2D eigenvalue weighted by molar-refractivity contribution is 0.0506. The quantitative estimate of drug-likeness (QED) is 0.755. The van der Waals surface area contributed by atoms with Crippen LogP contribution < -0.4 is 0 Å². The number of carbonyl (C=O) groups excluding carboxylic acids is 1. The predicted octanol–water partition coefficient (Wildman–Crippen LogP) is 2.60. The average molecular weight is 375 g/mol. The van der Waals surface area contributed by atoms with Gasteiger partial charge < -0.3 is 9.84 Å². The number of aliphatic hydroxyl groups excluding tert-OH is 1. The minimum absolute atomic E-state index is 0.216. The van der Waals surface area contributed by atoms with Crippen molar-refractivity contribution in [3.63, 3.8) is 0 Å². The molecule has 1 aliphatic rings. The maximum Gasteiger partial charge on any atom is 0.337 e. The smallest absolute Gasteiger partial charge is 0.337 e. The van der Waals surface area contributed by atoms with Crippen LogP contribution in [0.2, 0.25) is 0 Å². The first-order valence-corrected chi connectivity index (χ1v) is 9.84. The first-order chi connectivity index (χ1) is 12.7. The Bertz CT molecular complexity index is 688. The zero-order chi connectivity index (χ0) is 18.4. The number of esters is 1. The van der Waals surface area contributed by atoms with E-state index < -0.39 is 0 Å². The van der Waals surface area contributed by atoms with E-state index in [1.54, 1.807) is 11.3 Å². The lowest BCUT2D eigenvalue weighted by atomic mass is 10.1. The van der Waals surface area contributed by atoms with Crippen molar-refractivity contribution in [2.45, 2.75) is 25.6 Å². The summed E-state index contributed by atoms with van der Waals surface area (Å²) in [4.78, 5) is 17.8. The molecule has 0 unspecified atom stereocenters. The highest BCUT2D eigenvalue weighted by atomic mass is 32.1. The Labute approximate surface area is 158 Å². The Balaban J connectivity index is 1.59. The molecule has 1 aromatic carbocycles. The molecule has 0 spiro atoms. The second kappa shape index (κ2) is 9.28. The van der Waals surface area contributed by atoms with Crippen LogP contribution in [0.3, 0.4) is 0 Å². The summed E-state index contributed by atoms with van der Waals surface area (Å²) in [7, 11) is 1.40. The molecule has 1 atom stereocenters. The van der Waals surface area contributed by atoms with Crippen LogP contribution in [-0.4, -0.2) is 60.3 Å². The van der Waals surface area contributed by atoms with E-state index in [-0.39, 0.29) is 12.6 Å². The molecule has 1 aromatic heterocycles. The van der Waals surface area contributed by atoms with Crippen LogP contribution in [0.4, 0.5) is 0 Å². The number of ether oxygens (including phenoxy) is 1. The van der Waals surface area contributed by atoms with E-state index in [0.29, 0.717) is 11.6 Å². The topological polar surface area (TPSA) is 53.0 Å². The number of nitrogens with zero attached hydrogens (tertiary/aromatic N) is 2. The number of piperazine rings is 1. The van der Waals surface area contributed by atoms with Crippen LogP contribution in [0.5, 0.6) is 0 Å². The van der Waals surface area contributed by atoms with Crippen molar-refractivity contribution in [2.24, 2.45) is 0 Å². The first-order valence-electron chi connectivity index (χ1n) is 8.96. The molecule has 0 aliphatic carbocycles. The van der Waals surface area contributed by atoms with Gasteiger partial charge in [0.1, 0.15) is 0 Å². The van der Waals surface area contributed by atoms with Gasteiger partial charge in [-0.3, -0.25) is 9.80 Å². The second-order valence-electron chi connectivity index (χ2n) is 6.64. The summed E-state index contributed by atoms with van der Waals surface area (Å²) >= 11 is 1.79. The van der Waals surface area contributed by atoms with Gasteiger partial charge in [0.15, 0.2) is 0 Å². The van der Waals surface area contributed by atoms with E-state index in [4.69, 9.17) is 4.74 Å².